The van der Waals surface area contributed by atoms with Gasteiger partial charge in [0, 0.05) is 30.3 Å². The van der Waals surface area contributed by atoms with Crippen LogP contribution in [0.2, 0.25) is 0 Å². The van der Waals surface area contributed by atoms with Gasteiger partial charge in [-0.1, -0.05) is 6.92 Å². The Labute approximate surface area is 101 Å². The molecule has 4 heteroatoms. The van der Waals surface area contributed by atoms with Gasteiger partial charge >= 0.3 is 0 Å². The van der Waals surface area contributed by atoms with E-state index in [0.717, 1.165) is 26.2 Å². The highest BCUT2D eigenvalue weighted by Crippen LogP contribution is 2.18. The Morgan fingerprint density at radius 1 is 1.69 bits per heavy atom. The van der Waals surface area contributed by atoms with E-state index < -0.39 is 0 Å². The quantitative estimate of drug-likeness (QED) is 0.857. The lowest BCUT2D eigenvalue weighted by Crippen LogP contribution is -2.33. The summed E-state index contributed by atoms with van der Waals surface area (Å²) in [7, 11) is 0. The third kappa shape index (κ3) is 3.03. The zero-order valence-electron chi connectivity index (χ0n) is 10.0. The topological polar surface area (TPSA) is 34.2 Å². The van der Waals surface area contributed by atoms with Crippen LogP contribution in [0.25, 0.3) is 0 Å². The third-order valence-electron chi connectivity index (χ3n) is 3.20. The van der Waals surface area contributed by atoms with Gasteiger partial charge in [-0.3, -0.25) is 0 Å². The van der Waals surface area contributed by atoms with Gasteiger partial charge in [-0.15, -0.1) is 11.3 Å². The summed E-state index contributed by atoms with van der Waals surface area (Å²) in [6.45, 7) is 7.14. The van der Waals surface area contributed by atoms with E-state index in [0.29, 0.717) is 12.0 Å². The van der Waals surface area contributed by atoms with E-state index in [9.17, 15) is 0 Å². The Morgan fingerprint density at radius 2 is 2.56 bits per heavy atom. The molecule has 1 N–H and O–H groups in total. The molecule has 0 spiro atoms. The zero-order chi connectivity index (χ0) is 11.4. The van der Waals surface area contributed by atoms with Gasteiger partial charge in [0.2, 0.25) is 0 Å². The minimum Gasteiger partial charge on any atom is -0.381 e. The number of thiazole rings is 1. The highest BCUT2D eigenvalue weighted by atomic mass is 32.1. The summed E-state index contributed by atoms with van der Waals surface area (Å²) in [6, 6.07) is 0.525. The summed E-state index contributed by atoms with van der Waals surface area (Å²) in [5, 5.41) is 4.74. The van der Waals surface area contributed by atoms with Crippen molar-refractivity contribution in [1.82, 2.24) is 10.3 Å². The molecule has 0 amide bonds. The Bertz CT molecular complexity index is 321. The molecule has 2 heterocycles. The molecule has 3 nitrogen and oxygen atoms in total. The van der Waals surface area contributed by atoms with E-state index in [-0.39, 0.29) is 0 Å². The lowest BCUT2D eigenvalue weighted by atomic mass is 10.0. The summed E-state index contributed by atoms with van der Waals surface area (Å²) in [6.07, 6.45) is 4.26. The number of aryl methyl sites for hydroxylation is 1. The van der Waals surface area contributed by atoms with Crippen LogP contribution in [0, 0.1) is 5.92 Å². The third-order valence-corrected chi connectivity index (χ3v) is 4.34. The lowest BCUT2D eigenvalue weighted by Gasteiger charge is -2.18. The van der Waals surface area contributed by atoms with Gasteiger partial charge in [-0.05, 0) is 25.7 Å². The van der Waals surface area contributed by atoms with Crippen LogP contribution in [0.1, 0.15) is 30.2 Å². The number of ether oxygens (including phenoxy) is 1. The minimum atomic E-state index is 0.525. The summed E-state index contributed by atoms with van der Waals surface area (Å²) in [5.74, 6) is 0.672. The Morgan fingerprint density at radius 3 is 3.19 bits per heavy atom. The monoisotopic (exact) mass is 240 g/mol. The predicted octanol–water partition coefficient (Wildman–Crippen LogP) is 2.22. The largest absolute Gasteiger partial charge is 0.381 e. The average Bonchev–Trinajstić information content (AvgIpc) is 2.96. The Balaban J connectivity index is 1.77. The smallest absolute Gasteiger partial charge is 0.107 e. The molecule has 1 saturated heterocycles. The second kappa shape index (κ2) is 5.75. The van der Waals surface area contributed by atoms with Crippen molar-refractivity contribution in [2.45, 2.75) is 39.3 Å². The molecule has 2 atom stereocenters. The highest BCUT2D eigenvalue weighted by molar-refractivity contribution is 7.11. The number of hydrogen-bond acceptors (Lipinski definition) is 4. The number of aromatic nitrogens is 1. The van der Waals surface area contributed by atoms with E-state index in [1.54, 1.807) is 0 Å². The Kier molecular flexibility index (Phi) is 4.32. The molecule has 16 heavy (non-hydrogen) atoms. The van der Waals surface area contributed by atoms with Crippen LogP contribution < -0.4 is 5.32 Å². The normalized spacial score (nSPS) is 22.5. The van der Waals surface area contributed by atoms with Gasteiger partial charge in [0.15, 0.2) is 0 Å². The molecule has 0 bridgehead atoms. The molecule has 0 aromatic carbocycles. The SMILES string of the molecule is CCc1cnc(CNC(C)C2CCOC2)s1. The highest BCUT2D eigenvalue weighted by Gasteiger charge is 2.21. The first-order chi connectivity index (χ1) is 7.79. The van der Waals surface area contributed by atoms with Crippen molar-refractivity contribution in [2.24, 2.45) is 5.92 Å². The van der Waals surface area contributed by atoms with Crippen LogP contribution in [-0.4, -0.2) is 24.2 Å². The van der Waals surface area contributed by atoms with Crippen molar-refractivity contribution in [3.8, 4) is 0 Å². The molecule has 0 radical (unpaired) electrons. The van der Waals surface area contributed by atoms with Gasteiger partial charge in [0.25, 0.3) is 0 Å². The van der Waals surface area contributed by atoms with E-state index in [4.69, 9.17) is 4.74 Å². The molecular formula is C12H20N2OS. The van der Waals surface area contributed by atoms with E-state index in [1.165, 1.54) is 16.3 Å². The van der Waals surface area contributed by atoms with Crippen molar-refractivity contribution < 1.29 is 4.74 Å². The molecule has 2 unspecified atom stereocenters. The molecule has 1 aromatic heterocycles. The standard InChI is InChI=1S/C12H20N2OS/c1-3-11-6-14-12(16-11)7-13-9(2)10-4-5-15-8-10/h6,9-10,13H,3-5,7-8H2,1-2H3. The van der Waals surface area contributed by atoms with E-state index in [1.807, 2.05) is 17.5 Å². The minimum absolute atomic E-state index is 0.525. The first-order valence-electron chi connectivity index (χ1n) is 6.04. The second-order valence-electron chi connectivity index (χ2n) is 4.37. The lowest BCUT2D eigenvalue weighted by molar-refractivity contribution is 0.178. The molecule has 0 aliphatic carbocycles. The van der Waals surface area contributed by atoms with Crippen LogP contribution >= 0.6 is 11.3 Å². The maximum atomic E-state index is 5.40. The number of nitrogens with one attached hydrogen (secondary N) is 1. The molecule has 1 aliphatic heterocycles. The summed E-state index contributed by atoms with van der Waals surface area (Å²) < 4.78 is 5.40. The first kappa shape index (κ1) is 12.0. The molecule has 0 saturated carbocycles. The summed E-state index contributed by atoms with van der Waals surface area (Å²) in [5.41, 5.74) is 0. The number of rotatable bonds is 5. The molecule has 2 rings (SSSR count). The van der Waals surface area contributed by atoms with Gasteiger partial charge < -0.3 is 10.1 Å². The predicted molar refractivity (Wildman–Crippen MR) is 66.7 cm³/mol. The average molecular weight is 240 g/mol. The first-order valence-corrected chi connectivity index (χ1v) is 6.86. The fourth-order valence-corrected chi connectivity index (χ4v) is 2.77. The fourth-order valence-electron chi connectivity index (χ4n) is 1.96. The number of hydrogen-bond donors (Lipinski definition) is 1. The molecular weight excluding hydrogens is 220 g/mol. The molecule has 90 valence electrons. The van der Waals surface area contributed by atoms with Crippen molar-refractivity contribution >= 4 is 11.3 Å². The second-order valence-corrected chi connectivity index (χ2v) is 5.57. The van der Waals surface area contributed by atoms with Crippen LogP contribution in [0.4, 0.5) is 0 Å². The number of nitrogens with zero attached hydrogens (tertiary/aromatic N) is 1. The van der Waals surface area contributed by atoms with E-state index >= 15 is 0 Å². The maximum absolute atomic E-state index is 5.40. The molecule has 1 fully saturated rings. The molecule has 1 aromatic rings. The zero-order valence-corrected chi connectivity index (χ0v) is 10.8. The van der Waals surface area contributed by atoms with Crippen LogP contribution in [0.3, 0.4) is 0 Å². The summed E-state index contributed by atoms with van der Waals surface area (Å²) >= 11 is 1.81. The van der Waals surface area contributed by atoms with Crippen LogP contribution in [0.5, 0.6) is 0 Å². The van der Waals surface area contributed by atoms with Crippen molar-refractivity contribution in [1.29, 1.82) is 0 Å². The Hall–Kier alpha value is -0.450. The van der Waals surface area contributed by atoms with Gasteiger partial charge in [0.1, 0.15) is 5.01 Å². The van der Waals surface area contributed by atoms with Gasteiger partial charge in [0.05, 0.1) is 6.61 Å². The summed E-state index contributed by atoms with van der Waals surface area (Å²) in [4.78, 5) is 5.78. The van der Waals surface area contributed by atoms with Crippen LogP contribution in [-0.2, 0) is 17.7 Å². The van der Waals surface area contributed by atoms with E-state index in [2.05, 4.69) is 24.1 Å². The van der Waals surface area contributed by atoms with Crippen LogP contribution in [0.15, 0.2) is 6.20 Å². The van der Waals surface area contributed by atoms with Gasteiger partial charge in [-0.25, -0.2) is 4.98 Å². The maximum Gasteiger partial charge on any atom is 0.107 e. The van der Waals surface area contributed by atoms with Gasteiger partial charge in [-0.2, -0.15) is 0 Å². The van der Waals surface area contributed by atoms with Crippen molar-refractivity contribution in [2.75, 3.05) is 13.2 Å². The van der Waals surface area contributed by atoms with Crippen molar-refractivity contribution in [3.05, 3.63) is 16.1 Å². The van der Waals surface area contributed by atoms with Crippen molar-refractivity contribution in [3.63, 3.8) is 0 Å². The fraction of sp³-hybridized carbons (Fsp3) is 0.750. The molecule has 1 aliphatic rings.